The van der Waals surface area contributed by atoms with Crippen molar-refractivity contribution in [3.05, 3.63) is 53.8 Å². The molecule has 3 rings (SSSR count). The van der Waals surface area contributed by atoms with Crippen molar-refractivity contribution in [3.63, 3.8) is 0 Å². The standard InChI is InChI=1S/C18H21N3O4S/c1-13(14-4-7-16(25-3)8-5-14)20(2)18(22)15-6-9-17-19-26(23,24)11-10-21(17)12-15/h4-9,12-13H,10-11H2,1-3H3. The second-order valence-electron chi connectivity index (χ2n) is 6.21. The van der Waals surface area contributed by atoms with Crippen LogP contribution in [0.25, 0.3) is 0 Å². The normalized spacial score (nSPS) is 19.1. The van der Waals surface area contributed by atoms with Crippen LogP contribution in [0.5, 0.6) is 5.75 Å². The maximum Gasteiger partial charge on any atom is 0.256 e. The molecule has 0 saturated heterocycles. The molecule has 1 amide bonds. The lowest BCUT2D eigenvalue weighted by molar-refractivity contribution is -0.127. The SMILES string of the molecule is COc1ccc(C(C)N(C)C(=O)C2=CN3CCS(=O)(=O)N=C3C=C2)cc1. The van der Waals surface area contributed by atoms with E-state index in [1.54, 1.807) is 42.3 Å². The molecular weight excluding hydrogens is 354 g/mol. The van der Waals surface area contributed by atoms with Crippen LogP contribution in [0.1, 0.15) is 18.5 Å². The first-order valence-corrected chi connectivity index (χ1v) is 9.82. The lowest BCUT2D eigenvalue weighted by Crippen LogP contribution is -2.38. The second-order valence-corrected chi connectivity index (χ2v) is 7.97. The second kappa shape index (κ2) is 6.95. The van der Waals surface area contributed by atoms with Crippen molar-refractivity contribution in [3.8, 4) is 5.75 Å². The minimum Gasteiger partial charge on any atom is -0.497 e. The summed E-state index contributed by atoms with van der Waals surface area (Å²) in [5.41, 5.74) is 1.49. The number of amidine groups is 1. The molecule has 7 nitrogen and oxygen atoms in total. The highest BCUT2D eigenvalue weighted by Crippen LogP contribution is 2.24. The van der Waals surface area contributed by atoms with Crippen LogP contribution in [0.2, 0.25) is 0 Å². The summed E-state index contributed by atoms with van der Waals surface area (Å²) in [6, 6.07) is 7.46. The summed E-state index contributed by atoms with van der Waals surface area (Å²) >= 11 is 0. The Bertz CT molecular complexity index is 901. The van der Waals surface area contributed by atoms with E-state index >= 15 is 0 Å². The highest BCUT2D eigenvalue weighted by Gasteiger charge is 2.27. The summed E-state index contributed by atoms with van der Waals surface area (Å²) in [6.45, 7) is 2.24. The van der Waals surface area contributed by atoms with Crippen LogP contribution in [0, 0.1) is 0 Å². The van der Waals surface area contributed by atoms with Crippen molar-refractivity contribution in [2.45, 2.75) is 13.0 Å². The van der Waals surface area contributed by atoms with Gasteiger partial charge in [0.25, 0.3) is 15.9 Å². The van der Waals surface area contributed by atoms with Gasteiger partial charge in [-0.3, -0.25) is 4.79 Å². The first-order valence-electron chi connectivity index (χ1n) is 8.21. The van der Waals surface area contributed by atoms with E-state index in [2.05, 4.69) is 4.40 Å². The number of carbonyl (C=O) groups excluding carboxylic acids is 1. The van der Waals surface area contributed by atoms with Gasteiger partial charge in [0.2, 0.25) is 0 Å². The van der Waals surface area contributed by atoms with E-state index in [4.69, 9.17) is 4.74 Å². The molecule has 0 aliphatic carbocycles. The van der Waals surface area contributed by atoms with E-state index in [0.29, 0.717) is 18.0 Å². The molecule has 0 saturated carbocycles. The molecule has 0 bridgehead atoms. The van der Waals surface area contributed by atoms with Crippen molar-refractivity contribution in [1.29, 1.82) is 0 Å². The molecule has 0 N–H and O–H groups in total. The zero-order valence-electron chi connectivity index (χ0n) is 14.9. The number of benzene rings is 1. The number of nitrogens with zero attached hydrogens (tertiary/aromatic N) is 3. The topological polar surface area (TPSA) is 79.3 Å². The van der Waals surface area contributed by atoms with Crippen molar-refractivity contribution >= 4 is 21.8 Å². The Morgan fingerprint density at radius 2 is 1.96 bits per heavy atom. The molecule has 0 spiro atoms. The van der Waals surface area contributed by atoms with Gasteiger partial charge in [-0.05, 0) is 36.8 Å². The van der Waals surface area contributed by atoms with Crippen molar-refractivity contribution in [2.75, 3.05) is 26.5 Å². The third-order valence-corrected chi connectivity index (χ3v) is 5.73. The van der Waals surface area contributed by atoms with Crippen LogP contribution < -0.4 is 4.74 Å². The maximum atomic E-state index is 12.8. The highest BCUT2D eigenvalue weighted by molar-refractivity contribution is 7.90. The van der Waals surface area contributed by atoms with Gasteiger partial charge in [0, 0.05) is 19.8 Å². The third kappa shape index (κ3) is 3.65. The van der Waals surface area contributed by atoms with E-state index < -0.39 is 10.0 Å². The number of amides is 1. The number of hydrogen-bond acceptors (Lipinski definition) is 5. The minimum absolute atomic E-state index is 0.0552. The molecule has 8 heteroatoms. The molecule has 1 atom stereocenters. The number of hydrogen-bond donors (Lipinski definition) is 0. The summed E-state index contributed by atoms with van der Waals surface area (Å²) in [5.74, 6) is 0.913. The first kappa shape index (κ1) is 18.2. The Morgan fingerprint density at radius 1 is 1.27 bits per heavy atom. The predicted molar refractivity (Wildman–Crippen MR) is 99.3 cm³/mol. The zero-order valence-corrected chi connectivity index (χ0v) is 15.7. The maximum absolute atomic E-state index is 12.8. The lowest BCUT2D eigenvalue weighted by atomic mass is 10.1. The molecule has 2 aliphatic heterocycles. The molecule has 26 heavy (non-hydrogen) atoms. The molecule has 1 unspecified atom stereocenters. The van der Waals surface area contributed by atoms with Crippen LogP contribution >= 0.6 is 0 Å². The highest BCUT2D eigenvalue weighted by atomic mass is 32.2. The van der Waals surface area contributed by atoms with Gasteiger partial charge in [-0.25, -0.2) is 8.42 Å². The van der Waals surface area contributed by atoms with Gasteiger partial charge >= 0.3 is 0 Å². The largest absolute Gasteiger partial charge is 0.497 e. The minimum atomic E-state index is -3.40. The van der Waals surface area contributed by atoms with E-state index in [1.165, 1.54) is 0 Å². The fourth-order valence-electron chi connectivity index (χ4n) is 2.81. The summed E-state index contributed by atoms with van der Waals surface area (Å²) in [4.78, 5) is 16.2. The molecule has 0 fully saturated rings. The Morgan fingerprint density at radius 3 is 2.62 bits per heavy atom. The molecular formula is C18H21N3O4S. The van der Waals surface area contributed by atoms with Gasteiger partial charge in [-0.1, -0.05) is 12.1 Å². The number of sulfonamides is 1. The Labute approximate surface area is 153 Å². The number of likely N-dealkylation sites (N-methyl/N-ethyl adjacent to an activating group) is 1. The molecule has 2 heterocycles. The third-order valence-electron chi connectivity index (χ3n) is 4.57. The summed E-state index contributed by atoms with van der Waals surface area (Å²) in [7, 11) is -0.0456. The van der Waals surface area contributed by atoms with Gasteiger partial charge in [0.05, 0.1) is 24.5 Å². The fourth-order valence-corrected chi connectivity index (χ4v) is 3.78. The average molecular weight is 375 g/mol. The number of methoxy groups -OCH3 is 1. The quantitative estimate of drug-likeness (QED) is 0.800. The van der Waals surface area contributed by atoms with Gasteiger partial charge in [-0.2, -0.15) is 0 Å². The Hall–Kier alpha value is -2.61. The molecule has 1 aromatic rings. The number of rotatable bonds is 4. The van der Waals surface area contributed by atoms with Gasteiger partial charge in [0.15, 0.2) is 0 Å². The van der Waals surface area contributed by atoms with Crippen LogP contribution in [0.15, 0.2) is 52.6 Å². The predicted octanol–water partition coefficient (Wildman–Crippen LogP) is 1.71. The van der Waals surface area contributed by atoms with Gasteiger partial charge < -0.3 is 14.5 Å². The number of carbonyl (C=O) groups is 1. The summed E-state index contributed by atoms with van der Waals surface area (Å²) in [5, 5.41) is 0. The summed E-state index contributed by atoms with van der Waals surface area (Å²) in [6.07, 6.45) is 4.83. The van der Waals surface area contributed by atoms with Crippen molar-refractivity contribution in [2.24, 2.45) is 4.40 Å². The van der Waals surface area contributed by atoms with E-state index in [-0.39, 0.29) is 17.7 Å². The fraction of sp³-hybridized carbons (Fsp3) is 0.333. The van der Waals surface area contributed by atoms with Gasteiger partial charge in [-0.15, -0.1) is 4.40 Å². The molecule has 0 aromatic heterocycles. The Kier molecular flexibility index (Phi) is 4.86. The van der Waals surface area contributed by atoms with Crippen LogP contribution in [-0.4, -0.2) is 56.4 Å². The van der Waals surface area contributed by atoms with Gasteiger partial charge in [0.1, 0.15) is 11.6 Å². The van der Waals surface area contributed by atoms with Crippen molar-refractivity contribution < 1.29 is 17.9 Å². The van der Waals surface area contributed by atoms with E-state index in [0.717, 1.165) is 11.3 Å². The molecule has 138 valence electrons. The Balaban J connectivity index is 1.76. The first-order chi connectivity index (χ1) is 12.3. The van der Waals surface area contributed by atoms with Crippen LogP contribution in [0.4, 0.5) is 0 Å². The van der Waals surface area contributed by atoms with Crippen molar-refractivity contribution in [1.82, 2.24) is 9.80 Å². The van der Waals surface area contributed by atoms with E-state index in [9.17, 15) is 13.2 Å². The average Bonchev–Trinajstić information content (AvgIpc) is 2.65. The lowest BCUT2D eigenvalue weighted by Gasteiger charge is -2.30. The molecule has 2 aliphatic rings. The van der Waals surface area contributed by atoms with Crippen LogP contribution in [-0.2, 0) is 14.8 Å². The smallest absolute Gasteiger partial charge is 0.256 e. The van der Waals surface area contributed by atoms with E-state index in [1.807, 2.05) is 31.2 Å². The van der Waals surface area contributed by atoms with Crippen LogP contribution in [0.3, 0.4) is 0 Å². The number of fused-ring (bicyclic) bond motifs is 1. The molecule has 0 radical (unpaired) electrons. The molecule has 1 aromatic carbocycles. The number of ether oxygens (including phenoxy) is 1. The summed E-state index contributed by atoms with van der Waals surface area (Å²) < 4.78 is 32.0. The monoisotopic (exact) mass is 375 g/mol. The zero-order chi connectivity index (χ0) is 18.9.